The van der Waals surface area contributed by atoms with Crippen LogP contribution in [0.2, 0.25) is 0 Å². The minimum Gasteiger partial charge on any atom is -0.481 e. The molecule has 0 saturated heterocycles. The number of hydrogen-bond acceptors (Lipinski definition) is 2. The first-order valence-corrected chi connectivity index (χ1v) is 7.61. The number of rotatable bonds is 4. The van der Waals surface area contributed by atoms with E-state index in [1.165, 1.54) is 24.3 Å². The number of benzene rings is 2. The number of carbonyl (C=O) groups is 2. The number of carboxylic acids is 1. The highest BCUT2D eigenvalue weighted by molar-refractivity contribution is 6.00. The topological polar surface area (TPSA) is 78.4 Å². The summed E-state index contributed by atoms with van der Waals surface area (Å²) in [6, 6.07) is 10.6. The zero-order valence-electron chi connectivity index (χ0n) is 13.0. The van der Waals surface area contributed by atoms with Crippen molar-refractivity contribution in [1.29, 1.82) is 0 Å². The maximum Gasteiger partial charge on any atom is 0.323 e. The molecule has 1 saturated carbocycles. The van der Waals surface area contributed by atoms with Crippen LogP contribution in [0.3, 0.4) is 0 Å². The Morgan fingerprint density at radius 3 is 2.42 bits per heavy atom. The van der Waals surface area contributed by atoms with E-state index in [0.717, 1.165) is 11.1 Å². The van der Waals surface area contributed by atoms with Gasteiger partial charge in [0, 0.05) is 11.4 Å². The summed E-state index contributed by atoms with van der Waals surface area (Å²) in [4.78, 5) is 22.9. The number of urea groups is 1. The van der Waals surface area contributed by atoms with Gasteiger partial charge in [0.2, 0.25) is 0 Å². The van der Waals surface area contributed by atoms with Crippen LogP contribution in [0.5, 0.6) is 0 Å². The maximum absolute atomic E-state index is 12.8. The summed E-state index contributed by atoms with van der Waals surface area (Å²) in [7, 11) is 0. The van der Waals surface area contributed by atoms with Crippen molar-refractivity contribution in [2.45, 2.75) is 19.3 Å². The Morgan fingerprint density at radius 2 is 1.83 bits per heavy atom. The molecule has 24 heavy (non-hydrogen) atoms. The minimum atomic E-state index is -0.765. The predicted octanol–water partition coefficient (Wildman–Crippen LogP) is 3.97. The van der Waals surface area contributed by atoms with Gasteiger partial charge in [-0.1, -0.05) is 12.1 Å². The first kappa shape index (κ1) is 16.0. The molecular formula is C18H17FN2O3. The second kappa shape index (κ2) is 6.31. The summed E-state index contributed by atoms with van der Waals surface area (Å²) in [6.45, 7) is 1.86. The second-order valence-electron chi connectivity index (χ2n) is 5.95. The molecule has 0 spiro atoms. The van der Waals surface area contributed by atoms with Crippen molar-refractivity contribution in [2.75, 3.05) is 10.6 Å². The molecule has 1 fully saturated rings. The number of aliphatic carboxylic acids is 1. The largest absolute Gasteiger partial charge is 0.481 e. The SMILES string of the molecule is Cc1cc(C2CC2C(=O)O)ccc1NC(=O)Nc1ccc(F)cc1. The molecule has 0 aromatic heterocycles. The molecule has 0 aliphatic heterocycles. The first-order valence-electron chi connectivity index (χ1n) is 7.61. The van der Waals surface area contributed by atoms with Crippen LogP contribution in [0.15, 0.2) is 42.5 Å². The molecule has 1 aliphatic carbocycles. The summed E-state index contributed by atoms with van der Waals surface area (Å²) in [5, 5.41) is 14.4. The predicted molar refractivity (Wildman–Crippen MR) is 88.7 cm³/mol. The molecule has 124 valence electrons. The summed E-state index contributed by atoms with van der Waals surface area (Å²) in [5.41, 5.74) is 2.97. The number of carbonyl (C=O) groups excluding carboxylic acids is 1. The van der Waals surface area contributed by atoms with E-state index in [-0.39, 0.29) is 17.7 Å². The van der Waals surface area contributed by atoms with Crippen molar-refractivity contribution in [3.63, 3.8) is 0 Å². The van der Waals surface area contributed by atoms with Crippen LogP contribution < -0.4 is 10.6 Å². The summed E-state index contributed by atoms with van der Waals surface area (Å²) in [6.07, 6.45) is 0.659. The molecule has 2 aromatic rings. The van der Waals surface area contributed by atoms with Crippen molar-refractivity contribution in [1.82, 2.24) is 0 Å². The van der Waals surface area contributed by atoms with Gasteiger partial charge in [-0.2, -0.15) is 0 Å². The van der Waals surface area contributed by atoms with Gasteiger partial charge in [0.25, 0.3) is 0 Å². The van der Waals surface area contributed by atoms with Crippen molar-refractivity contribution in [3.8, 4) is 0 Å². The first-order chi connectivity index (χ1) is 11.4. The third kappa shape index (κ3) is 3.53. The van der Waals surface area contributed by atoms with Gasteiger partial charge in [0.1, 0.15) is 5.82 Å². The van der Waals surface area contributed by atoms with Gasteiger partial charge in [-0.3, -0.25) is 4.79 Å². The molecule has 0 radical (unpaired) electrons. The van der Waals surface area contributed by atoms with Crippen LogP contribution in [0.25, 0.3) is 0 Å². The van der Waals surface area contributed by atoms with Crippen molar-refractivity contribution in [2.24, 2.45) is 5.92 Å². The quantitative estimate of drug-likeness (QED) is 0.795. The highest BCUT2D eigenvalue weighted by Gasteiger charge is 2.44. The highest BCUT2D eigenvalue weighted by Crippen LogP contribution is 2.48. The Morgan fingerprint density at radius 1 is 1.12 bits per heavy atom. The molecule has 0 heterocycles. The number of halogens is 1. The molecule has 2 aromatic carbocycles. The van der Waals surface area contributed by atoms with Crippen molar-refractivity contribution < 1.29 is 19.1 Å². The molecule has 2 amide bonds. The lowest BCUT2D eigenvalue weighted by molar-refractivity contribution is -0.138. The smallest absolute Gasteiger partial charge is 0.323 e. The van der Waals surface area contributed by atoms with Crippen molar-refractivity contribution in [3.05, 3.63) is 59.4 Å². The monoisotopic (exact) mass is 328 g/mol. The molecule has 6 heteroatoms. The maximum atomic E-state index is 12.8. The Hall–Kier alpha value is -2.89. The Balaban J connectivity index is 1.64. The lowest BCUT2D eigenvalue weighted by atomic mass is 10.0. The van der Waals surface area contributed by atoms with E-state index in [2.05, 4.69) is 10.6 Å². The molecule has 0 bridgehead atoms. The fraction of sp³-hybridized carbons (Fsp3) is 0.222. The molecule has 1 aliphatic rings. The normalized spacial score (nSPS) is 18.8. The van der Waals surface area contributed by atoms with Crippen LogP contribution in [-0.4, -0.2) is 17.1 Å². The van der Waals surface area contributed by atoms with E-state index in [1.807, 2.05) is 19.1 Å². The van der Waals surface area contributed by atoms with Crippen LogP contribution in [0.1, 0.15) is 23.5 Å². The van der Waals surface area contributed by atoms with Crippen LogP contribution >= 0.6 is 0 Å². The average Bonchev–Trinajstić information content (AvgIpc) is 3.32. The zero-order chi connectivity index (χ0) is 17.3. The van der Waals surface area contributed by atoms with E-state index in [0.29, 0.717) is 17.8 Å². The lowest BCUT2D eigenvalue weighted by Crippen LogP contribution is -2.20. The van der Waals surface area contributed by atoms with Gasteiger partial charge in [0.05, 0.1) is 5.92 Å². The fourth-order valence-electron chi connectivity index (χ4n) is 2.71. The van der Waals surface area contributed by atoms with Crippen LogP contribution in [0, 0.1) is 18.7 Å². The van der Waals surface area contributed by atoms with E-state index in [1.54, 1.807) is 6.07 Å². The number of aryl methyl sites for hydroxylation is 1. The zero-order valence-corrected chi connectivity index (χ0v) is 13.0. The minimum absolute atomic E-state index is 0.0586. The van der Waals surface area contributed by atoms with Gasteiger partial charge < -0.3 is 15.7 Å². The Bertz CT molecular complexity index is 789. The second-order valence-corrected chi connectivity index (χ2v) is 5.95. The number of nitrogens with one attached hydrogen (secondary N) is 2. The lowest BCUT2D eigenvalue weighted by Gasteiger charge is -2.11. The Kier molecular flexibility index (Phi) is 4.20. The average molecular weight is 328 g/mol. The number of amides is 2. The molecule has 3 rings (SSSR count). The fourth-order valence-corrected chi connectivity index (χ4v) is 2.71. The van der Waals surface area contributed by atoms with Gasteiger partial charge >= 0.3 is 12.0 Å². The molecule has 5 nitrogen and oxygen atoms in total. The van der Waals surface area contributed by atoms with Gasteiger partial charge in [-0.15, -0.1) is 0 Å². The van der Waals surface area contributed by atoms with Crippen LogP contribution in [0.4, 0.5) is 20.6 Å². The third-order valence-electron chi connectivity index (χ3n) is 4.14. The van der Waals surface area contributed by atoms with Gasteiger partial charge in [0.15, 0.2) is 0 Å². The number of hydrogen-bond donors (Lipinski definition) is 3. The summed E-state index contributed by atoms with van der Waals surface area (Å²) < 4.78 is 12.8. The third-order valence-corrected chi connectivity index (χ3v) is 4.14. The van der Waals surface area contributed by atoms with Gasteiger partial charge in [-0.05, 0) is 60.7 Å². The van der Waals surface area contributed by atoms with E-state index in [9.17, 15) is 14.0 Å². The van der Waals surface area contributed by atoms with E-state index >= 15 is 0 Å². The van der Waals surface area contributed by atoms with Crippen LogP contribution in [-0.2, 0) is 4.79 Å². The standard InChI is InChI=1S/C18H17FN2O3/c1-10-8-11(14-9-15(14)17(22)23)2-7-16(10)21-18(24)20-13-5-3-12(19)4-6-13/h2-8,14-15H,9H2,1H3,(H,22,23)(H2,20,21,24). The van der Waals surface area contributed by atoms with Gasteiger partial charge in [-0.25, -0.2) is 9.18 Å². The number of carboxylic acid groups (broad SMARTS) is 1. The highest BCUT2D eigenvalue weighted by atomic mass is 19.1. The molecule has 3 N–H and O–H groups in total. The number of anilines is 2. The van der Waals surface area contributed by atoms with E-state index in [4.69, 9.17) is 5.11 Å². The summed E-state index contributed by atoms with van der Waals surface area (Å²) >= 11 is 0. The Labute approximate surface area is 138 Å². The molecular weight excluding hydrogens is 311 g/mol. The van der Waals surface area contributed by atoms with E-state index < -0.39 is 12.0 Å². The molecule has 2 atom stereocenters. The van der Waals surface area contributed by atoms with Crippen molar-refractivity contribution >= 4 is 23.4 Å². The summed E-state index contributed by atoms with van der Waals surface area (Å²) in [5.74, 6) is -1.38. The molecule has 2 unspecified atom stereocenters.